The predicted octanol–water partition coefficient (Wildman–Crippen LogP) is 3.14. The van der Waals surface area contributed by atoms with Gasteiger partial charge in [0, 0.05) is 6.54 Å². The Kier molecular flexibility index (Phi) is 7.82. The number of rotatable bonds is 7. The summed E-state index contributed by atoms with van der Waals surface area (Å²) in [4.78, 5) is 23.1. The van der Waals surface area contributed by atoms with Gasteiger partial charge in [-0.1, -0.05) is 55.8 Å². The summed E-state index contributed by atoms with van der Waals surface area (Å²) < 4.78 is 5.70. The molecular formula is C20H22ClN3O3. The minimum atomic E-state index is -0.819. The molecule has 7 heteroatoms. The zero-order valence-electron chi connectivity index (χ0n) is 15.2. The first-order chi connectivity index (χ1) is 13.0. The van der Waals surface area contributed by atoms with Crippen LogP contribution in [0, 0.1) is 5.92 Å². The molecule has 0 unspecified atom stereocenters. The molecular weight excluding hydrogens is 366 g/mol. The fraction of sp³-hybridized carbons (Fsp3) is 0.250. The fourth-order valence-corrected chi connectivity index (χ4v) is 2.29. The van der Waals surface area contributed by atoms with Crippen LogP contribution in [0.2, 0.25) is 5.02 Å². The molecule has 0 saturated heterocycles. The molecule has 0 aromatic heterocycles. The lowest BCUT2D eigenvalue weighted by atomic mass is 10.2. The van der Waals surface area contributed by atoms with E-state index in [1.807, 2.05) is 44.2 Å². The average molecular weight is 388 g/mol. The highest BCUT2D eigenvalue weighted by atomic mass is 35.5. The number of nitrogens with zero attached hydrogens (tertiary/aromatic N) is 1. The first kappa shape index (κ1) is 20.5. The monoisotopic (exact) mass is 387 g/mol. The molecule has 27 heavy (non-hydrogen) atoms. The summed E-state index contributed by atoms with van der Waals surface area (Å²) in [5.41, 5.74) is 3.88. The average Bonchev–Trinajstić information content (AvgIpc) is 2.66. The van der Waals surface area contributed by atoms with Crippen LogP contribution in [0.25, 0.3) is 0 Å². The molecule has 0 heterocycles. The van der Waals surface area contributed by atoms with Crippen LogP contribution in [0.3, 0.4) is 0 Å². The molecule has 2 aromatic rings. The molecule has 2 amide bonds. The van der Waals surface area contributed by atoms with Crippen LogP contribution < -0.4 is 15.5 Å². The van der Waals surface area contributed by atoms with Gasteiger partial charge in [-0.3, -0.25) is 9.59 Å². The maximum absolute atomic E-state index is 11.6. The van der Waals surface area contributed by atoms with E-state index in [0.717, 1.165) is 5.56 Å². The molecule has 0 aliphatic carbocycles. The second kappa shape index (κ2) is 10.3. The summed E-state index contributed by atoms with van der Waals surface area (Å²) in [6, 6.07) is 14.9. The molecule has 0 bridgehead atoms. The number of halogens is 1. The van der Waals surface area contributed by atoms with Crippen molar-refractivity contribution in [3.63, 3.8) is 0 Å². The van der Waals surface area contributed by atoms with Gasteiger partial charge in [0.05, 0.1) is 11.2 Å². The Hall–Kier alpha value is -2.86. The Bertz CT molecular complexity index is 807. The number of hydrogen-bond acceptors (Lipinski definition) is 4. The van der Waals surface area contributed by atoms with Crippen LogP contribution in [-0.4, -0.2) is 24.6 Å². The second-order valence-corrected chi connectivity index (χ2v) is 6.67. The van der Waals surface area contributed by atoms with E-state index < -0.39 is 11.8 Å². The van der Waals surface area contributed by atoms with E-state index in [1.165, 1.54) is 6.21 Å². The largest absolute Gasteiger partial charge is 0.487 e. The van der Waals surface area contributed by atoms with E-state index >= 15 is 0 Å². The highest BCUT2D eigenvalue weighted by Gasteiger charge is 2.12. The molecule has 0 aliphatic rings. The maximum atomic E-state index is 11.6. The van der Waals surface area contributed by atoms with E-state index in [1.54, 1.807) is 18.2 Å². The van der Waals surface area contributed by atoms with Gasteiger partial charge < -0.3 is 10.1 Å². The lowest BCUT2D eigenvalue weighted by Crippen LogP contribution is -2.39. The SMILES string of the molecule is CC(C)CNC(=O)C(=O)N/N=C\c1ccc(OCc2ccccc2)c(Cl)c1. The zero-order valence-corrected chi connectivity index (χ0v) is 16.0. The van der Waals surface area contributed by atoms with E-state index in [0.29, 0.717) is 29.5 Å². The Morgan fingerprint density at radius 2 is 1.89 bits per heavy atom. The minimum absolute atomic E-state index is 0.259. The number of amides is 2. The Morgan fingerprint density at radius 3 is 2.56 bits per heavy atom. The molecule has 0 saturated carbocycles. The molecule has 0 aliphatic heterocycles. The van der Waals surface area contributed by atoms with E-state index in [2.05, 4.69) is 15.8 Å². The highest BCUT2D eigenvalue weighted by molar-refractivity contribution is 6.35. The van der Waals surface area contributed by atoms with E-state index in [4.69, 9.17) is 16.3 Å². The third-order valence-electron chi connectivity index (χ3n) is 3.45. The van der Waals surface area contributed by atoms with Crippen LogP contribution in [0.5, 0.6) is 5.75 Å². The maximum Gasteiger partial charge on any atom is 0.329 e. The topological polar surface area (TPSA) is 79.8 Å². The third kappa shape index (κ3) is 7.11. The standard InChI is InChI=1S/C20H22ClN3O3/c1-14(2)11-22-19(25)20(26)24-23-12-16-8-9-18(17(21)10-16)27-13-15-6-4-3-5-7-15/h3-10,12,14H,11,13H2,1-2H3,(H,22,25)(H,24,26)/b23-12-. The molecule has 6 nitrogen and oxygen atoms in total. The predicted molar refractivity (Wildman–Crippen MR) is 106 cm³/mol. The number of nitrogens with one attached hydrogen (secondary N) is 2. The van der Waals surface area contributed by atoms with Gasteiger partial charge in [-0.15, -0.1) is 0 Å². The van der Waals surface area contributed by atoms with Crippen molar-refractivity contribution in [1.82, 2.24) is 10.7 Å². The van der Waals surface area contributed by atoms with Gasteiger partial charge in [-0.25, -0.2) is 5.43 Å². The summed E-state index contributed by atoms with van der Waals surface area (Å²) in [5, 5.41) is 6.71. The van der Waals surface area contributed by atoms with E-state index in [-0.39, 0.29) is 5.92 Å². The van der Waals surface area contributed by atoms with Crippen molar-refractivity contribution in [2.24, 2.45) is 11.0 Å². The molecule has 0 radical (unpaired) electrons. The van der Waals surface area contributed by atoms with Crippen molar-refractivity contribution in [3.8, 4) is 5.75 Å². The molecule has 0 atom stereocenters. The van der Waals surface area contributed by atoms with Crippen molar-refractivity contribution in [1.29, 1.82) is 0 Å². The lowest BCUT2D eigenvalue weighted by Gasteiger charge is -2.08. The van der Waals surface area contributed by atoms with Gasteiger partial charge in [-0.2, -0.15) is 5.10 Å². The van der Waals surface area contributed by atoms with Crippen LogP contribution >= 0.6 is 11.6 Å². The van der Waals surface area contributed by atoms with Gasteiger partial charge in [0.1, 0.15) is 12.4 Å². The normalized spacial score (nSPS) is 10.8. The van der Waals surface area contributed by atoms with Crippen LogP contribution in [0.1, 0.15) is 25.0 Å². The summed E-state index contributed by atoms with van der Waals surface area (Å²) in [6.07, 6.45) is 1.40. The number of carbonyl (C=O) groups excluding carboxylic acids is 2. The van der Waals surface area contributed by atoms with Crippen molar-refractivity contribution in [2.75, 3.05) is 6.54 Å². The summed E-state index contributed by atoms with van der Waals surface area (Å²) in [7, 11) is 0. The van der Waals surface area contributed by atoms with Gasteiger partial charge in [0.15, 0.2) is 0 Å². The van der Waals surface area contributed by atoms with Crippen LogP contribution in [-0.2, 0) is 16.2 Å². The zero-order chi connectivity index (χ0) is 19.6. The summed E-state index contributed by atoms with van der Waals surface area (Å²) >= 11 is 6.22. The van der Waals surface area contributed by atoms with Gasteiger partial charge in [0.25, 0.3) is 0 Å². The number of hydrazone groups is 1. The quantitative estimate of drug-likeness (QED) is 0.435. The third-order valence-corrected chi connectivity index (χ3v) is 3.75. The van der Waals surface area contributed by atoms with E-state index in [9.17, 15) is 9.59 Å². The van der Waals surface area contributed by atoms with Crippen LogP contribution in [0.15, 0.2) is 53.6 Å². The molecule has 142 valence electrons. The molecule has 2 aromatic carbocycles. The molecule has 0 spiro atoms. The van der Waals surface area contributed by atoms with Crippen molar-refractivity contribution < 1.29 is 14.3 Å². The van der Waals surface area contributed by atoms with Crippen molar-refractivity contribution in [2.45, 2.75) is 20.5 Å². The summed E-state index contributed by atoms with van der Waals surface area (Å²) in [5.74, 6) is -0.728. The molecule has 2 rings (SSSR count). The number of benzene rings is 2. The lowest BCUT2D eigenvalue weighted by molar-refractivity contribution is -0.139. The Balaban J connectivity index is 1.86. The second-order valence-electron chi connectivity index (χ2n) is 6.27. The van der Waals surface area contributed by atoms with Gasteiger partial charge in [-0.05, 0) is 35.2 Å². The van der Waals surface area contributed by atoms with Crippen molar-refractivity contribution in [3.05, 3.63) is 64.7 Å². The molecule has 0 fully saturated rings. The number of ether oxygens (including phenoxy) is 1. The fourth-order valence-electron chi connectivity index (χ4n) is 2.04. The number of carbonyl (C=O) groups is 2. The molecule has 2 N–H and O–H groups in total. The number of hydrogen-bond donors (Lipinski definition) is 2. The van der Waals surface area contributed by atoms with Gasteiger partial charge >= 0.3 is 11.8 Å². The minimum Gasteiger partial charge on any atom is -0.487 e. The smallest absolute Gasteiger partial charge is 0.329 e. The summed E-state index contributed by atoms with van der Waals surface area (Å²) in [6.45, 7) is 4.71. The Morgan fingerprint density at radius 1 is 1.15 bits per heavy atom. The highest BCUT2D eigenvalue weighted by Crippen LogP contribution is 2.25. The van der Waals surface area contributed by atoms with Crippen molar-refractivity contribution >= 4 is 29.6 Å². The van der Waals surface area contributed by atoms with Gasteiger partial charge in [0.2, 0.25) is 0 Å². The first-order valence-electron chi connectivity index (χ1n) is 8.53. The first-order valence-corrected chi connectivity index (χ1v) is 8.91. The Labute approximate surface area is 163 Å². The van der Waals surface area contributed by atoms with Crippen LogP contribution in [0.4, 0.5) is 0 Å².